The highest BCUT2D eigenvalue weighted by molar-refractivity contribution is 5.87. The summed E-state index contributed by atoms with van der Waals surface area (Å²) in [5, 5.41) is 5.70. The molecule has 1 unspecified atom stereocenters. The van der Waals surface area contributed by atoms with E-state index >= 15 is 0 Å². The molecule has 1 saturated heterocycles. The highest BCUT2D eigenvalue weighted by atomic mass is 16.2. The third-order valence-electron chi connectivity index (χ3n) is 2.83. The van der Waals surface area contributed by atoms with Crippen molar-refractivity contribution in [2.75, 3.05) is 13.1 Å². The van der Waals surface area contributed by atoms with Crippen LogP contribution in [-0.4, -0.2) is 30.9 Å². The molecule has 0 aromatic carbocycles. The van der Waals surface area contributed by atoms with Gasteiger partial charge in [0, 0.05) is 0 Å². The minimum absolute atomic E-state index is 0.0695. The lowest BCUT2D eigenvalue weighted by molar-refractivity contribution is -0.129. The Morgan fingerprint density at radius 2 is 2.20 bits per heavy atom. The van der Waals surface area contributed by atoms with Gasteiger partial charge in [0.2, 0.25) is 11.8 Å². The lowest BCUT2D eigenvalue weighted by atomic mass is 9.77. The summed E-state index contributed by atoms with van der Waals surface area (Å²) in [6.45, 7) is 4.85. The molecule has 1 rings (SSSR count). The quantitative estimate of drug-likeness (QED) is 0.583. The van der Waals surface area contributed by atoms with Crippen molar-refractivity contribution in [2.24, 2.45) is 11.1 Å². The monoisotopic (exact) mass is 213 g/mol. The number of carbonyl (C=O) groups excluding carboxylic acids is 2. The Balaban J connectivity index is 2.53. The van der Waals surface area contributed by atoms with Crippen molar-refractivity contribution in [1.29, 1.82) is 0 Å². The molecule has 1 aliphatic rings. The van der Waals surface area contributed by atoms with E-state index in [1.165, 1.54) is 0 Å². The Bertz CT molecular complexity index is 263. The Morgan fingerprint density at radius 3 is 2.73 bits per heavy atom. The van der Waals surface area contributed by atoms with E-state index in [2.05, 4.69) is 10.6 Å². The van der Waals surface area contributed by atoms with Gasteiger partial charge in [-0.05, 0) is 24.8 Å². The molecule has 0 radical (unpaired) electrons. The molecule has 0 bridgehead atoms. The predicted octanol–water partition coefficient (Wildman–Crippen LogP) is -0.634. The zero-order valence-electron chi connectivity index (χ0n) is 9.30. The lowest BCUT2D eigenvalue weighted by Gasteiger charge is -2.38. The molecule has 86 valence electrons. The van der Waals surface area contributed by atoms with Crippen LogP contribution in [0, 0.1) is 5.41 Å². The zero-order valence-corrected chi connectivity index (χ0v) is 9.30. The van der Waals surface area contributed by atoms with Crippen molar-refractivity contribution >= 4 is 11.8 Å². The number of piperidine rings is 1. The van der Waals surface area contributed by atoms with Crippen molar-refractivity contribution in [3.05, 3.63) is 0 Å². The van der Waals surface area contributed by atoms with Crippen LogP contribution in [0.15, 0.2) is 0 Å². The molecule has 15 heavy (non-hydrogen) atoms. The van der Waals surface area contributed by atoms with Gasteiger partial charge in [0.15, 0.2) is 0 Å². The predicted molar refractivity (Wildman–Crippen MR) is 57.0 cm³/mol. The van der Waals surface area contributed by atoms with Crippen LogP contribution < -0.4 is 16.4 Å². The fourth-order valence-electron chi connectivity index (χ4n) is 1.93. The molecule has 1 heterocycles. The molecule has 0 spiro atoms. The van der Waals surface area contributed by atoms with E-state index < -0.39 is 5.91 Å². The summed E-state index contributed by atoms with van der Waals surface area (Å²) in [5.74, 6) is -0.657. The number of rotatable bonds is 3. The van der Waals surface area contributed by atoms with Crippen molar-refractivity contribution < 1.29 is 9.59 Å². The van der Waals surface area contributed by atoms with E-state index in [1.54, 1.807) is 0 Å². The Labute approximate surface area is 89.8 Å². The molecule has 0 saturated carbocycles. The number of nitrogens with two attached hydrogens (primary N) is 1. The first kappa shape index (κ1) is 12.0. The minimum Gasteiger partial charge on any atom is -0.368 e. The van der Waals surface area contributed by atoms with E-state index in [-0.39, 0.29) is 23.9 Å². The van der Waals surface area contributed by atoms with Crippen LogP contribution in [0.1, 0.15) is 26.7 Å². The van der Waals surface area contributed by atoms with Crippen LogP contribution in [0.3, 0.4) is 0 Å². The maximum Gasteiger partial charge on any atom is 0.238 e. The number of carbonyl (C=O) groups is 2. The number of nitrogens with one attached hydrogen (secondary N) is 2. The maximum atomic E-state index is 11.7. The average molecular weight is 213 g/mol. The van der Waals surface area contributed by atoms with E-state index in [9.17, 15) is 9.59 Å². The first-order valence-corrected chi connectivity index (χ1v) is 5.23. The van der Waals surface area contributed by atoms with E-state index in [0.29, 0.717) is 0 Å². The van der Waals surface area contributed by atoms with Gasteiger partial charge in [-0.2, -0.15) is 0 Å². The van der Waals surface area contributed by atoms with Gasteiger partial charge in [0.05, 0.1) is 12.6 Å². The highest BCUT2D eigenvalue weighted by Gasteiger charge is 2.36. The lowest BCUT2D eigenvalue weighted by Crippen LogP contribution is -2.56. The first-order valence-electron chi connectivity index (χ1n) is 5.23. The standard InChI is InChI=1S/C10H19N3O2/c1-10(2)4-3-5-12-8(10)9(15)13-6-7(11)14/h8,12H,3-6H2,1-2H3,(H2,11,14)(H,13,15). The van der Waals surface area contributed by atoms with Crippen molar-refractivity contribution in [1.82, 2.24) is 10.6 Å². The van der Waals surface area contributed by atoms with Crippen molar-refractivity contribution in [2.45, 2.75) is 32.7 Å². The summed E-state index contributed by atoms with van der Waals surface area (Å²) < 4.78 is 0. The van der Waals surface area contributed by atoms with Gasteiger partial charge >= 0.3 is 0 Å². The third-order valence-corrected chi connectivity index (χ3v) is 2.83. The maximum absolute atomic E-state index is 11.7. The van der Waals surface area contributed by atoms with Gasteiger partial charge in [-0.3, -0.25) is 9.59 Å². The van der Waals surface area contributed by atoms with Crippen LogP contribution in [0.4, 0.5) is 0 Å². The molecule has 2 amide bonds. The smallest absolute Gasteiger partial charge is 0.238 e. The van der Waals surface area contributed by atoms with E-state index in [0.717, 1.165) is 19.4 Å². The Kier molecular flexibility index (Phi) is 3.68. The molecule has 0 aromatic heterocycles. The first-order chi connectivity index (χ1) is 6.93. The third kappa shape index (κ3) is 3.20. The number of hydrogen-bond donors (Lipinski definition) is 3. The van der Waals surface area contributed by atoms with Crippen molar-refractivity contribution in [3.63, 3.8) is 0 Å². The summed E-state index contributed by atoms with van der Waals surface area (Å²) in [7, 11) is 0. The molecular formula is C10H19N3O2. The number of hydrogen-bond acceptors (Lipinski definition) is 3. The largest absolute Gasteiger partial charge is 0.368 e. The van der Waals surface area contributed by atoms with Gasteiger partial charge in [-0.25, -0.2) is 0 Å². The van der Waals surface area contributed by atoms with Gasteiger partial charge < -0.3 is 16.4 Å². The molecule has 1 atom stereocenters. The van der Waals surface area contributed by atoms with Crippen LogP contribution >= 0.6 is 0 Å². The topological polar surface area (TPSA) is 84.2 Å². The fourth-order valence-corrected chi connectivity index (χ4v) is 1.93. The van der Waals surface area contributed by atoms with Crippen molar-refractivity contribution in [3.8, 4) is 0 Å². The van der Waals surface area contributed by atoms with Gasteiger partial charge in [-0.15, -0.1) is 0 Å². The fraction of sp³-hybridized carbons (Fsp3) is 0.800. The summed E-state index contributed by atoms with van der Waals surface area (Å²) >= 11 is 0. The molecule has 1 fully saturated rings. The second kappa shape index (κ2) is 4.61. The Morgan fingerprint density at radius 1 is 1.53 bits per heavy atom. The van der Waals surface area contributed by atoms with E-state index in [4.69, 9.17) is 5.73 Å². The summed E-state index contributed by atoms with van der Waals surface area (Å²) in [4.78, 5) is 22.3. The minimum atomic E-state index is -0.517. The second-order valence-corrected chi connectivity index (χ2v) is 4.66. The van der Waals surface area contributed by atoms with Gasteiger partial charge in [-0.1, -0.05) is 13.8 Å². The van der Waals surface area contributed by atoms with Gasteiger partial charge in [0.1, 0.15) is 0 Å². The van der Waals surface area contributed by atoms with Crippen LogP contribution in [0.5, 0.6) is 0 Å². The van der Waals surface area contributed by atoms with Crippen LogP contribution in [-0.2, 0) is 9.59 Å². The zero-order chi connectivity index (χ0) is 11.5. The number of amides is 2. The van der Waals surface area contributed by atoms with Gasteiger partial charge in [0.25, 0.3) is 0 Å². The van der Waals surface area contributed by atoms with E-state index in [1.807, 2.05) is 13.8 Å². The number of primary amides is 1. The molecule has 4 N–H and O–H groups in total. The molecule has 5 nitrogen and oxygen atoms in total. The second-order valence-electron chi connectivity index (χ2n) is 4.66. The normalized spacial score (nSPS) is 24.5. The van der Waals surface area contributed by atoms with Crippen LogP contribution in [0.2, 0.25) is 0 Å². The Hall–Kier alpha value is -1.10. The summed E-state index contributed by atoms with van der Waals surface area (Å²) in [6, 6.07) is -0.231. The molecule has 0 aliphatic carbocycles. The molecule has 1 aliphatic heterocycles. The molecular weight excluding hydrogens is 194 g/mol. The van der Waals surface area contributed by atoms with Crippen LogP contribution in [0.25, 0.3) is 0 Å². The SMILES string of the molecule is CC1(C)CCCNC1C(=O)NCC(N)=O. The molecule has 5 heteroatoms. The summed E-state index contributed by atoms with van der Waals surface area (Å²) in [5.41, 5.74) is 4.89. The highest BCUT2D eigenvalue weighted by Crippen LogP contribution is 2.29. The summed E-state index contributed by atoms with van der Waals surface area (Å²) in [6.07, 6.45) is 2.08. The molecule has 0 aromatic rings. The average Bonchev–Trinajstić information content (AvgIpc) is 2.13.